The van der Waals surface area contributed by atoms with Crippen LogP contribution in [-0.4, -0.2) is 41.7 Å². The highest BCUT2D eigenvalue weighted by Gasteiger charge is 2.21. The van der Waals surface area contributed by atoms with Gasteiger partial charge in [-0.3, -0.25) is 4.72 Å². The van der Waals surface area contributed by atoms with E-state index in [2.05, 4.69) is 9.46 Å². The summed E-state index contributed by atoms with van der Waals surface area (Å²) in [5, 5.41) is 0. The molecule has 0 spiro atoms. The largest absolute Gasteiger partial charge is 0.490 e. The van der Waals surface area contributed by atoms with Gasteiger partial charge < -0.3 is 14.4 Å². The van der Waals surface area contributed by atoms with Gasteiger partial charge in [0.15, 0.2) is 0 Å². The molecule has 1 aliphatic heterocycles. The predicted octanol–water partition coefficient (Wildman–Crippen LogP) is 2.10. The van der Waals surface area contributed by atoms with Crippen molar-refractivity contribution in [1.82, 2.24) is 0 Å². The molecule has 0 radical (unpaired) electrons. The van der Waals surface area contributed by atoms with E-state index in [1.54, 1.807) is 30.3 Å². The Balaban J connectivity index is 1.90. The number of sulfonamides is 1. The van der Waals surface area contributed by atoms with Gasteiger partial charge in [0.1, 0.15) is 12.4 Å². The third-order valence-corrected chi connectivity index (χ3v) is 5.25. The molecule has 3 rings (SSSR count). The Labute approximate surface area is 146 Å². The van der Waals surface area contributed by atoms with Crippen LogP contribution in [0.1, 0.15) is 10.4 Å². The molecule has 8 heteroatoms. The number of nitrogens with one attached hydrogen (secondary N) is 1. The second kappa shape index (κ2) is 6.64. The topological polar surface area (TPSA) is 84.9 Å². The second-order valence-electron chi connectivity index (χ2n) is 5.58. The molecule has 2 aromatic rings. The first-order valence-electron chi connectivity index (χ1n) is 7.60. The maximum absolute atomic E-state index is 12.7. The van der Waals surface area contributed by atoms with Gasteiger partial charge in [0.25, 0.3) is 10.0 Å². The van der Waals surface area contributed by atoms with Gasteiger partial charge in [-0.2, -0.15) is 0 Å². The molecule has 0 amide bonds. The molecular formula is C17H18N2O5S. The summed E-state index contributed by atoms with van der Waals surface area (Å²) in [5.74, 6) is 0.119. The van der Waals surface area contributed by atoms with E-state index in [4.69, 9.17) is 4.74 Å². The molecule has 132 valence electrons. The predicted molar refractivity (Wildman–Crippen MR) is 93.8 cm³/mol. The van der Waals surface area contributed by atoms with Crippen LogP contribution in [0.15, 0.2) is 47.4 Å². The summed E-state index contributed by atoms with van der Waals surface area (Å²) in [6.07, 6.45) is 0. The monoisotopic (exact) mass is 362 g/mol. The molecule has 2 aromatic carbocycles. The van der Waals surface area contributed by atoms with Crippen LogP contribution in [0.25, 0.3) is 0 Å². The quantitative estimate of drug-likeness (QED) is 0.839. The number of ether oxygens (including phenoxy) is 2. The molecule has 0 bridgehead atoms. The van der Waals surface area contributed by atoms with Gasteiger partial charge >= 0.3 is 5.97 Å². The Hall–Kier alpha value is -2.74. The fourth-order valence-corrected chi connectivity index (χ4v) is 3.61. The van der Waals surface area contributed by atoms with Crippen LogP contribution in [-0.2, 0) is 14.8 Å². The van der Waals surface area contributed by atoms with Crippen LogP contribution in [0.2, 0.25) is 0 Å². The smallest absolute Gasteiger partial charge is 0.337 e. The normalized spacial score (nSPS) is 13.6. The highest BCUT2D eigenvalue weighted by Crippen LogP contribution is 2.33. The lowest BCUT2D eigenvalue weighted by Gasteiger charge is -2.28. The highest BCUT2D eigenvalue weighted by atomic mass is 32.2. The number of likely N-dealkylation sites (N-methyl/N-ethyl adjacent to an activating group) is 1. The number of hydrogen-bond donors (Lipinski definition) is 1. The van der Waals surface area contributed by atoms with Crippen LogP contribution in [0, 0.1) is 0 Å². The van der Waals surface area contributed by atoms with E-state index in [0.29, 0.717) is 18.9 Å². The van der Waals surface area contributed by atoms with Gasteiger partial charge in [-0.25, -0.2) is 13.2 Å². The van der Waals surface area contributed by atoms with Gasteiger partial charge in [0.2, 0.25) is 0 Å². The third-order valence-electron chi connectivity index (χ3n) is 3.87. The first kappa shape index (κ1) is 17.1. The molecule has 25 heavy (non-hydrogen) atoms. The molecule has 0 saturated heterocycles. The number of methoxy groups -OCH3 is 1. The Morgan fingerprint density at radius 2 is 2.04 bits per heavy atom. The SMILES string of the molecule is COC(=O)c1cccc(NS(=O)(=O)c2ccc3c(c2)N(C)CCO3)c1. The third kappa shape index (κ3) is 3.53. The number of hydrogen-bond acceptors (Lipinski definition) is 6. The van der Waals surface area contributed by atoms with Crippen molar-refractivity contribution in [3.05, 3.63) is 48.0 Å². The van der Waals surface area contributed by atoms with E-state index in [1.165, 1.54) is 19.2 Å². The lowest BCUT2D eigenvalue weighted by Crippen LogP contribution is -2.29. The fourth-order valence-electron chi connectivity index (χ4n) is 2.54. The summed E-state index contributed by atoms with van der Waals surface area (Å²) in [6, 6.07) is 10.8. The number of carbonyl (C=O) groups is 1. The first-order valence-corrected chi connectivity index (χ1v) is 9.08. The van der Waals surface area contributed by atoms with E-state index >= 15 is 0 Å². The number of anilines is 2. The van der Waals surface area contributed by atoms with Crippen molar-refractivity contribution in [2.45, 2.75) is 4.90 Å². The molecule has 1 aliphatic rings. The first-order chi connectivity index (χ1) is 11.9. The Morgan fingerprint density at radius 3 is 2.80 bits per heavy atom. The number of carbonyl (C=O) groups excluding carboxylic acids is 1. The summed E-state index contributed by atoms with van der Waals surface area (Å²) in [6.45, 7) is 1.25. The van der Waals surface area contributed by atoms with Gasteiger partial charge in [-0.15, -0.1) is 0 Å². The number of benzene rings is 2. The highest BCUT2D eigenvalue weighted by molar-refractivity contribution is 7.92. The van der Waals surface area contributed by atoms with Gasteiger partial charge in [0, 0.05) is 12.7 Å². The average molecular weight is 362 g/mol. The molecule has 7 nitrogen and oxygen atoms in total. The Morgan fingerprint density at radius 1 is 1.24 bits per heavy atom. The maximum Gasteiger partial charge on any atom is 0.337 e. The molecule has 0 unspecified atom stereocenters. The van der Waals surface area contributed by atoms with Crippen molar-refractivity contribution in [3.8, 4) is 5.75 Å². The molecule has 0 saturated carbocycles. The molecular weight excluding hydrogens is 344 g/mol. The van der Waals surface area contributed by atoms with Crippen LogP contribution in [0.4, 0.5) is 11.4 Å². The van der Waals surface area contributed by atoms with Crippen LogP contribution < -0.4 is 14.4 Å². The number of esters is 1. The molecule has 0 aromatic heterocycles. The summed E-state index contributed by atoms with van der Waals surface area (Å²) in [4.78, 5) is 13.6. The molecule has 0 aliphatic carbocycles. The van der Waals surface area contributed by atoms with Crippen molar-refractivity contribution in [2.24, 2.45) is 0 Å². The summed E-state index contributed by atoms with van der Waals surface area (Å²) < 4.78 is 38.0. The second-order valence-corrected chi connectivity index (χ2v) is 7.26. The minimum absolute atomic E-state index is 0.118. The average Bonchev–Trinajstić information content (AvgIpc) is 2.61. The summed E-state index contributed by atoms with van der Waals surface area (Å²) >= 11 is 0. The zero-order valence-corrected chi connectivity index (χ0v) is 14.7. The van der Waals surface area contributed by atoms with Gasteiger partial charge in [-0.05, 0) is 36.4 Å². The van der Waals surface area contributed by atoms with Gasteiger partial charge in [0.05, 0.1) is 29.8 Å². The van der Waals surface area contributed by atoms with Crippen molar-refractivity contribution >= 4 is 27.4 Å². The van der Waals surface area contributed by atoms with E-state index in [1.807, 2.05) is 11.9 Å². The van der Waals surface area contributed by atoms with Crippen molar-refractivity contribution < 1.29 is 22.7 Å². The Bertz CT molecular complexity index is 911. The van der Waals surface area contributed by atoms with Crippen molar-refractivity contribution in [2.75, 3.05) is 36.9 Å². The number of rotatable bonds is 4. The van der Waals surface area contributed by atoms with E-state index in [0.717, 1.165) is 5.69 Å². The van der Waals surface area contributed by atoms with Gasteiger partial charge in [-0.1, -0.05) is 6.07 Å². The minimum atomic E-state index is -3.80. The Kier molecular flexibility index (Phi) is 4.54. The lowest BCUT2D eigenvalue weighted by atomic mass is 10.2. The zero-order valence-electron chi connectivity index (χ0n) is 13.9. The summed E-state index contributed by atoms with van der Waals surface area (Å²) in [7, 11) is -0.655. The molecule has 0 atom stereocenters. The molecule has 0 fully saturated rings. The van der Waals surface area contributed by atoms with Crippen LogP contribution in [0.3, 0.4) is 0 Å². The standard InChI is InChI=1S/C17H18N2O5S/c1-19-8-9-24-16-7-6-14(11-15(16)19)25(21,22)18-13-5-3-4-12(10-13)17(20)23-2/h3-7,10-11,18H,8-9H2,1-2H3. The van der Waals surface area contributed by atoms with Crippen LogP contribution >= 0.6 is 0 Å². The number of fused-ring (bicyclic) bond motifs is 1. The minimum Gasteiger partial charge on any atom is -0.490 e. The lowest BCUT2D eigenvalue weighted by molar-refractivity contribution is 0.0601. The van der Waals surface area contributed by atoms with Crippen LogP contribution in [0.5, 0.6) is 5.75 Å². The molecule has 1 N–H and O–H groups in total. The van der Waals surface area contributed by atoms with E-state index in [9.17, 15) is 13.2 Å². The van der Waals surface area contributed by atoms with Crippen molar-refractivity contribution in [1.29, 1.82) is 0 Å². The zero-order chi connectivity index (χ0) is 18.0. The maximum atomic E-state index is 12.7. The van der Waals surface area contributed by atoms with E-state index in [-0.39, 0.29) is 16.1 Å². The summed E-state index contributed by atoms with van der Waals surface area (Å²) in [5.41, 5.74) is 1.27. The number of nitrogens with zero attached hydrogens (tertiary/aromatic N) is 1. The van der Waals surface area contributed by atoms with E-state index < -0.39 is 16.0 Å². The molecule has 1 heterocycles. The van der Waals surface area contributed by atoms with Crippen molar-refractivity contribution in [3.63, 3.8) is 0 Å². The fraction of sp³-hybridized carbons (Fsp3) is 0.235.